The molecule has 0 radical (unpaired) electrons. The van der Waals surface area contributed by atoms with Crippen LogP contribution >= 0.6 is 23.4 Å². The molecule has 1 saturated heterocycles. The van der Waals surface area contributed by atoms with Gasteiger partial charge in [-0.2, -0.15) is 0 Å². The van der Waals surface area contributed by atoms with E-state index in [4.69, 9.17) is 11.6 Å². The van der Waals surface area contributed by atoms with Crippen LogP contribution in [0.25, 0.3) is 0 Å². The summed E-state index contributed by atoms with van der Waals surface area (Å²) in [6.07, 6.45) is -0.425. The number of hydrogen-bond donors (Lipinski definition) is 0. The van der Waals surface area contributed by atoms with Gasteiger partial charge in [-0.3, -0.25) is 14.5 Å². The van der Waals surface area contributed by atoms with Crippen molar-refractivity contribution in [2.75, 3.05) is 0 Å². The maximum Gasteiger partial charge on any atom is 0.291 e. The number of carbonyl (C=O) groups is 2. The van der Waals surface area contributed by atoms with Gasteiger partial charge in [-0.05, 0) is 71.8 Å². The molecule has 6 rings (SSSR count). The lowest BCUT2D eigenvalue weighted by atomic mass is 9.75. The Kier molecular flexibility index (Phi) is 8.63. The van der Waals surface area contributed by atoms with Gasteiger partial charge in [0.2, 0.25) is 13.9 Å². The van der Waals surface area contributed by atoms with Gasteiger partial charge in [-0.1, -0.05) is 132 Å². The first-order valence-electron chi connectivity index (χ1n) is 14.5. The van der Waals surface area contributed by atoms with E-state index < -0.39 is 37.0 Å². The van der Waals surface area contributed by atoms with Crippen LogP contribution in [0.4, 0.5) is 4.79 Å². The first-order chi connectivity index (χ1) is 22.2. The quantitative estimate of drug-likeness (QED) is 0.130. The molecule has 46 heavy (non-hydrogen) atoms. The molecular formula is C38H28ClNO4S2. The second-order valence-corrected chi connectivity index (χ2v) is 15.0. The van der Waals surface area contributed by atoms with Crippen molar-refractivity contribution in [2.45, 2.75) is 27.9 Å². The Morgan fingerprint density at radius 1 is 0.717 bits per heavy atom. The van der Waals surface area contributed by atoms with Crippen LogP contribution in [-0.2, 0) is 20.2 Å². The predicted octanol–water partition coefficient (Wildman–Crippen LogP) is 8.25. The van der Waals surface area contributed by atoms with E-state index in [1.54, 1.807) is 36.4 Å². The van der Waals surface area contributed by atoms with E-state index >= 15 is 4.79 Å². The molecule has 0 aromatic heterocycles. The Morgan fingerprint density at radius 3 is 1.67 bits per heavy atom. The zero-order chi connectivity index (χ0) is 32.4. The van der Waals surface area contributed by atoms with Crippen LogP contribution in [0.15, 0.2) is 144 Å². The third-order valence-corrected chi connectivity index (χ3v) is 12.3. The Hall–Kier alpha value is -4.61. The highest BCUT2D eigenvalue weighted by molar-refractivity contribution is 8.25. The number of amides is 2. The van der Waals surface area contributed by atoms with Crippen molar-refractivity contribution >= 4 is 44.3 Å². The van der Waals surface area contributed by atoms with Crippen molar-refractivity contribution in [1.82, 2.24) is 4.90 Å². The summed E-state index contributed by atoms with van der Waals surface area (Å²) < 4.78 is 27.1. The number of imide groups is 1. The fourth-order valence-corrected chi connectivity index (χ4v) is 9.22. The summed E-state index contributed by atoms with van der Waals surface area (Å²) in [7, 11) is -4.47. The van der Waals surface area contributed by atoms with E-state index in [1.807, 2.05) is 97.9 Å². The number of sulfone groups is 1. The van der Waals surface area contributed by atoms with Gasteiger partial charge < -0.3 is 0 Å². The summed E-state index contributed by atoms with van der Waals surface area (Å²) in [6, 6.07) is 40.7. The lowest BCUT2D eigenvalue weighted by molar-refractivity contribution is -0.130. The van der Waals surface area contributed by atoms with Gasteiger partial charge in [-0.15, -0.1) is 0 Å². The zero-order valence-corrected chi connectivity index (χ0v) is 27.1. The minimum atomic E-state index is -4.47. The van der Waals surface area contributed by atoms with Crippen molar-refractivity contribution in [2.24, 2.45) is 0 Å². The number of hydrogen-bond acceptors (Lipinski definition) is 5. The molecule has 0 aliphatic carbocycles. The Labute approximate surface area is 278 Å². The zero-order valence-electron chi connectivity index (χ0n) is 24.8. The summed E-state index contributed by atoms with van der Waals surface area (Å²) in [5, 5.41) is -0.156. The Balaban J connectivity index is 1.61. The van der Waals surface area contributed by atoms with Gasteiger partial charge in [0.1, 0.15) is 5.54 Å². The molecule has 1 fully saturated rings. The SMILES string of the molecule is Cc1ccc(S(=O)(=O)C2(CC#Cc3ccc(Cl)cc3)SC(=O)N(C(c3ccccc3)(c3ccccc3)c3ccccc3)C2=O)cc1. The summed E-state index contributed by atoms with van der Waals surface area (Å²) in [5.41, 5.74) is 1.86. The molecule has 1 aliphatic heterocycles. The highest BCUT2D eigenvalue weighted by atomic mass is 35.5. The van der Waals surface area contributed by atoms with Gasteiger partial charge in [-0.25, -0.2) is 8.42 Å². The van der Waals surface area contributed by atoms with Crippen molar-refractivity contribution in [3.8, 4) is 11.8 Å². The van der Waals surface area contributed by atoms with Gasteiger partial charge in [0, 0.05) is 17.0 Å². The van der Waals surface area contributed by atoms with Crippen molar-refractivity contribution < 1.29 is 18.0 Å². The standard InChI is InChI=1S/C38H28ClNO4S2/c1-28-19-25-34(26-20-28)46(43,44)37(27-11-12-29-21-23-33(39)24-22-29)35(41)40(36(42)45-37)38(30-13-5-2-6-14-30,31-15-7-3-8-16-31)32-17-9-4-10-18-32/h2-10,13-26H,27H2,1H3. The molecule has 228 valence electrons. The molecular weight excluding hydrogens is 634 g/mol. The number of nitrogens with zero attached hydrogens (tertiary/aromatic N) is 1. The van der Waals surface area contributed by atoms with Crippen molar-refractivity contribution in [3.05, 3.63) is 172 Å². The molecule has 5 nitrogen and oxygen atoms in total. The van der Waals surface area contributed by atoms with E-state index in [1.165, 1.54) is 12.1 Å². The third kappa shape index (κ3) is 5.33. The van der Waals surface area contributed by atoms with Crippen molar-refractivity contribution in [3.63, 3.8) is 0 Å². The maximum absolute atomic E-state index is 15.2. The van der Waals surface area contributed by atoms with Crippen LogP contribution in [0.1, 0.15) is 34.2 Å². The van der Waals surface area contributed by atoms with E-state index in [9.17, 15) is 13.2 Å². The van der Waals surface area contributed by atoms with E-state index in [0.29, 0.717) is 39.0 Å². The normalized spacial score (nSPS) is 16.6. The fourth-order valence-electron chi connectivity index (χ4n) is 5.78. The molecule has 1 unspecified atom stereocenters. The van der Waals surface area contributed by atoms with Crippen LogP contribution in [0.3, 0.4) is 0 Å². The molecule has 1 atom stereocenters. The topological polar surface area (TPSA) is 71.5 Å². The first-order valence-corrected chi connectivity index (χ1v) is 17.2. The summed E-state index contributed by atoms with van der Waals surface area (Å²) in [5.74, 6) is 5.06. The predicted molar refractivity (Wildman–Crippen MR) is 183 cm³/mol. The average molecular weight is 662 g/mol. The van der Waals surface area contributed by atoms with Crippen molar-refractivity contribution in [1.29, 1.82) is 0 Å². The number of halogens is 1. The smallest absolute Gasteiger partial charge is 0.271 e. The molecule has 1 aliphatic rings. The Bertz CT molecular complexity index is 1960. The molecule has 0 bridgehead atoms. The van der Waals surface area contributed by atoms with E-state index in [-0.39, 0.29) is 4.90 Å². The van der Waals surface area contributed by atoms with Crippen LogP contribution < -0.4 is 0 Å². The Morgan fingerprint density at radius 2 is 1.20 bits per heavy atom. The van der Waals surface area contributed by atoms with Gasteiger partial charge in [0.05, 0.1) is 4.90 Å². The highest BCUT2D eigenvalue weighted by Gasteiger charge is 2.66. The number of carbonyl (C=O) groups excluding carboxylic acids is 2. The molecule has 8 heteroatoms. The number of benzene rings is 5. The maximum atomic E-state index is 15.2. The number of rotatable bonds is 7. The van der Waals surface area contributed by atoms with E-state index in [0.717, 1.165) is 10.5 Å². The summed E-state index contributed by atoms with van der Waals surface area (Å²) in [4.78, 5) is 30.8. The van der Waals surface area contributed by atoms with Crippen LogP contribution in [0, 0.1) is 18.8 Å². The monoisotopic (exact) mass is 661 g/mol. The number of thioether (sulfide) groups is 1. The first kappa shape index (κ1) is 31.4. The molecule has 0 N–H and O–H groups in total. The van der Waals surface area contributed by atoms with E-state index in [2.05, 4.69) is 11.8 Å². The molecule has 1 heterocycles. The minimum absolute atomic E-state index is 0.0633. The molecule has 0 saturated carbocycles. The molecule has 5 aromatic rings. The largest absolute Gasteiger partial charge is 0.291 e. The van der Waals surface area contributed by atoms with Crippen LogP contribution in [0.5, 0.6) is 0 Å². The summed E-state index contributed by atoms with van der Waals surface area (Å²) >= 11 is 6.55. The lowest BCUT2D eigenvalue weighted by Gasteiger charge is -2.42. The van der Waals surface area contributed by atoms with Gasteiger partial charge >= 0.3 is 0 Å². The van der Waals surface area contributed by atoms with Crippen LogP contribution in [-0.4, -0.2) is 28.5 Å². The molecule has 5 aromatic carbocycles. The highest BCUT2D eigenvalue weighted by Crippen LogP contribution is 2.54. The second kappa shape index (κ2) is 12.6. The second-order valence-electron chi connectivity index (χ2n) is 10.9. The number of aryl methyl sites for hydroxylation is 1. The minimum Gasteiger partial charge on any atom is -0.271 e. The lowest BCUT2D eigenvalue weighted by Crippen LogP contribution is -2.54. The fraction of sp³-hybridized carbons (Fsp3) is 0.105. The third-order valence-electron chi connectivity index (χ3n) is 8.04. The van der Waals surface area contributed by atoms with Crippen LogP contribution in [0.2, 0.25) is 5.02 Å². The molecule has 2 amide bonds. The average Bonchev–Trinajstić information content (AvgIpc) is 3.34. The van der Waals surface area contributed by atoms with Gasteiger partial charge in [0.15, 0.2) is 0 Å². The molecule has 0 spiro atoms. The summed E-state index contributed by atoms with van der Waals surface area (Å²) in [6.45, 7) is 1.85. The van der Waals surface area contributed by atoms with Gasteiger partial charge in [0.25, 0.3) is 11.1 Å².